The molecule has 1 aliphatic rings. The summed E-state index contributed by atoms with van der Waals surface area (Å²) >= 11 is 12.5. The van der Waals surface area contributed by atoms with Gasteiger partial charge in [0.1, 0.15) is 5.75 Å². The number of ether oxygens (including phenoxy) is 1. The lowest BCUT2D eigenvalue weighted by molar-refractivity contribution is 0.415. The highest BCUT2D eigenvalue weighted by Crippen LogP contribution is 2.45. The number of anilines is 1. The highest BCUT2D eigenvalue weighted by molar-refractivity contribution is 7.80. The molecule has 2 aromatic carbocycles. The van der Waals surface area contributed by atoms with Crippen molar-refractivity contribution < 1.29 is 4.74 Å². The maximum atomic E-state index is 6.56. The van der Waals surface area contributed by atoms with Gasteiger partial charge in [0.25, 0.3) is 0 Å². The van der Waals surface area contributed by atoms with E-state index in [1.165, 1.54) is 39.3 Å². The molecule has 0 amide bonds. The fourth-order valence-corrected chi connectivity index (χ4v) is 6.31. The molecule has 0 radical (unpaired) electrons. The Morgan fingerprint density at radius 1 is 0.973 bits per heavy atom. The smallest absolute Gasteiger partial charge is 0.174 e. The Morgan fingerprint density at radius 3 is 2.32 bits per heavy atom. The summed E-state index contributed by atoms with van der Waals surface area (Å²) in [5.41, 5.74) is 10.4. The lowest BCUT2D eigenvalue weighted by atomic mass is 9.96. The van der Waals surface area contributed by atoms with E-state index in [2.05, 4.69) is 67.6 Å². The molecule has 2 aromatic heterocycles. The van der Waals surface area contributed by atoms with Gasteiger partial charge < -0.3 is 19.5 Å². The van der Waals surface area contributed by atoms with E-state index >= 15 is 0 Å². The second kappa shape index (κ2) is 9.84. The van der Waals surface area contributed by atoms with Crippen molar-refractivity contribution >= 4 is 34.6 Å². The van der Waals surface area contributed by atoms with Gasteiger partial charge in [-0.1, -0.05) is 35.4 Å². The average Bonchev–Trinajstić information content (AvgIpc) is 3.35. The largest absolute Gasteiger partial charge is 0.495 e. The predicted molar refractivity (Wildman–Crippen MR) is 155 cm³/mol. The molecule has 3 heterocycles. The van der Waals surface area contributed by atoms with Gasteiger partial charge in [-0.2, -0.15) is 0 Å². The number of nitrogens with zero attached hydrogens (tertiary/aromatic N) is 3. The van der Waals surface area contributed by atoms with Crippen LogP contribution >= 0.6 is 23.8 Å². The summed E-state index contributed by atoms with van der Waals surface area (Å²) < 4.78 is 7.77. The Kier molecular flexibility index (Phi) is 6.73. The molecule has 37 heavy (non-hydrogen) atoms. The Labute approximate surface area is 229 Å². The van der Waals surface area contributed by atoms with Crippen molar-refractivity contribution in [2.75, 3.05) is 12.0 Å². The van der Waals surface area contributed by atoms with Crippen LogP contribution in [0.25, 0.3) is 5.69 Å². The Balaban J connectivity index is 1.71. The summed E-state index contributed by atoms with van der Waals surface area (Å²) in [6.07, 6.45) is 1.83. The SMILES string of the molecule is COc1ccc(N2C(=S)N[C@H](c3ccccn3)[C@@H]2c2cc(C)n(-c3c(C)cc(C)cc3C)c2C)cc1Cl. The first-order chi connectivity index (χ1) is 17.7. The van der Waals surface area contributed by atoms with Crippen LogP contribution in [0.3, 0.4) is 0 Å². The summed E-state index contributed by atoms with van der Waals surface area (Å²) in [5.74, 6) is 0.629. The number of nitrogens with one attached hydrogen (secondary N) is 1. The minimum absolute atomic E-state index is 0.127. The number of pyridine rings is 1. The third-order valence-electron chi connectivity index (χ3n) is 7.16. The average molecular weight is 531 g/mol. The molecular weight excluding hydrogens is 500 g/mol. The molecule has 0 bridgehead atoms. The van der Waals surface area contributed by atoms with Gasteiger partial charge in [0.15, 0.2) is 5.11 Å². The lowest BCUT2D eigenvalue weighted by Gasteiger charge is -2.28. The van der Waals surface area contributed by atoms with Gasteiger partial charge >= 0.3 is 0 Å². The van der Waals surface area contributed by atoms with E-state index in [1.807, 2.05) is 42.6 Å². The molecule has 190 valence electrons. The summed E-state index contributed by atoms with van der Waals surface area (Å²) in [6.45, 7) is 10.9. The first kappa shape index (κ1) is 25.3. The Bertz CT molecular complexity index is 1470. The molecule has 1 aliphatic heterocycles. The summed E-state index contributed by atoms with van der Waals surface area (Å²) in [6, 6.07) is 18.3. The van der Waals surface area contributed by atoms with Crippen molar-refractivity contribution in [3.8, 4) is 11.4 Å². The van der Waals surface area contributed by atoms with Crippen LogP contribution in [0.5, 0.6) is 5.75 Å². The van der Waals surface area contributed by atoms with Crippen molar-refractivity contribution in [1.29, 1.82) is 0 Å². The number of rotatable bonds is 5. The van der Waals surface area contributed by atoms with Crippen molar-refractivity contribution in [2.24, 2.45) is 0 Å². The number of methoxy groups -OCH3 is 1. The van der Waals surface area contributed by atoms with E-state index in [9.17, 15) is 0 Å². The topological polar surface area (TPSA) is 42.3 Å². The molecule has 0 spiro atoms. The highest BCUT2D eigenvalue weighted by atomic mass is 35.5. The van der Waals surface area contributed by atoms with Crippen molar-refractivity contribution in [2.45, 2.75) is 46.7 Å². The van der Waals surface area contributed by atoms with Gasteiger partial charge in [-0.05, 0) is 99.9 Å². The minimum Gasteiger partial charge on any atom is -0.495 e. The first-order valence-electron chi connectivity index (χ1n) is 12.3. The quantitative estimate of drug-likeness (QED) is 0.275. The fourth-order valence-electron chi connectivity index (χ4n) is 5.71. The minimum atomic E-state index is -0.135. The summed E-state index contributed by atoms with van der Waals surface area (Å²) in [4.78, 5) is 6.85. The van der Waals surface area contributed by atoms with Crippen LogP contribution in [0.2, 0.25) is 5.02 Å². The zero-order valence-electron chi connectivity index (χ0n) is 22.0. The number of halogens is 1. The first-order valence-corrected chi connectivity index (χ1v) is 13.1. The van der Waals surface area contributed by atoms with Crippen molar-refractivity contribution in [3.05, 3.63) is 105 Å². The second-order valence-corrected chi connectivity index (χ2v) is 10.5. The third-order valence-corrected chi connectivity index (χ3v) is 7.77. The van der Waals surface area contributed by atoms with Crippen molar-refractivity contribution in [3.63, 3.8) is 0 Å². The van der Waals surface area contributed by atoms with Gasteiger partial charge in [-0.25, -0.2) is 0 Å². The van der Waals surface area contributed by atoms with E-state index in [1.54, 1.807) is 7.11 Å². The van der Waals surface area contributed by atoms with E-state index in [0.29, 0.717) is 15.9 Å². The van der Waals surface area contributed by atoms with Crippen LogP contribution < -0.4 is 15.0 Å². The van der Waals surface area contributed by atoms with Crippen molar-refractivity contribution in [1.82, 2.24) is 14.9 Å². The van der Waals surface area contributed by atoms with Gasteiger partial charge in [0.2, 0.25) is 0 Å². The number of thiocarbonyl (C=S) groups is 1. The molecule has 2 atom stereocenters. The molecule has 1 N–H and O–H groups in total. The van der Waals surface area contributed by atoms with Crippen LogP contribution in [0.4, 0.5) is 5.69 Å². The maximum Gasteiger partial charge on any atom is 0.174 e. The van der Waals surface area contributed by atoms with E-state index < -0.39 is 0 Å². The molecule has 7 heteroatoms. The zero-order valence-corrected chi connectivity index (χ0v) is 23.5. The molecule has 0 aliphatic carbocycles. The number of aryl methyl sites for hydroxylation is 4. The molecule has 4 aromatic rings. The molecule has 0 unspecified atom stereocenters. The van der Waals surface area contributed by atoms with Gasteiger partial charge in [-0.3, -0.25) is 4.98 Å². The normalized spacial score (nSPS) is 17.3. The van der Waals surface area contributed by atoms with Crippen LogP contribution in [0.15, 0.2) is 60.8 Å². The fraction of sp³-hybridized carbons (Fsp3) is 0.267. The number of aromatic nitrogens is 2. The zero-order chi connectivity index (χ0) is 26.4. The summed E-state index contributed by atoms with van der Waals surface area (Å²) in [5, 5.41) is 4.73. The molecule has 0 saturated carbocycles. The maximum absolute atomic E-state index is 6.56. The monoisotopic (exact) mass is 530 g/mol. The Hall–Kier alpha value is -3.35. The standard InChI is InChI=1S/C30H31ClN4OS/c1-17-13-18(2)28(19(3)14-17)34-20(4)15-23(21(34)5)29-27(25-9-7-8-12-32-25)33-30(37)35(29)22-10-11-26(36-6)24(31)16-22/h7-16,27,29H,1-6H3,(H,33,37)/t27-,29+/m1/s1. The third kappa shape index (κ3) is 4.38. The highest BCUT2D eigenvalue weighted by Gasteiger charge is 2.42. The lowest BCUT2D eigenvalue weighted by Crippen LogP contribution is -2.29. The van der Waals surface area contributed by atoms with Gasteiger partial charge in [0, 0.05) is 23.3 Å². The second-order valence-electron chi connectivity index (χ2n) is 9.72. The molecule has 1 saturated heterocycles. The van der Waals surface area contributed by atoms with E-state index in [-0.39, 0.29) is 12.1 Å². The van der Waals surface area contributed by atoms with Crippen LogP contribution in [0, 0.1) is 34.6 Å². The number of benzene rings is 2. The van der Waals surface area contributed by atoms with E-state index in [0.717, 1.165) is 11.4 Å². The molecular formula is C30H31ClN4OS. The van der Waals surface area contributed by atoms with Gasteiger partial charge in [0.05, 0.1) is 35.6 Å². The van der Waals surface area contributed by atoms with Crippen LogP contribution in [0.1, 0.15) is 51.4 Å². The Morgan fingerprint density at radius 2 is 1.70 bits per heavy atom. The number of hydrogen-bond donors (Lipinski definition) is 1. The summed E-state index contributed by atoms with van der Waals surface area (Å²) in [7, 11) is 1.62. The predicted octanol–water partition coefficient (Wildman–Crippen LogP) is 7.25. The van der Waals surface area contributed by atoms with Crippen LogP contribution in [-0.4, -0.2) is 21.8 Å². The van der Waals surface area contributed by atoms with E-state index in [4.69, 9.17) is 33.5 Å². The van der Waals surface area contributed by atoms with Gasteiger partial charge in [-0.15, -0.1) is 0 Å². The molecule has 5 rings (SSSR count). The molecule has 1 fully saturated rings. The molecule has 5 nitrogen and oxygen atoms in total. The van der Waals surface area contributed by atoms with Crippen LogP contribution in [-0.2, 0) is 0 Å². The number of hydrogen-bond acceptors (Lipinski definition) is 3.